The number of nitrogens with zero attached hydrogens (tertiary/aromatic N) is 2. The van der Waals surface area contributed by atoms with Crippen molar-refractivity contribution < 1.29 is 19.1 Å². The van der Waals surface area contributed by atoms with Gasteiger partial charge in [0.2, 0.25) is 0 Å². The molecule has 1 saturated carbocycles. The summed E-state index contributed by atoms with van der Waals surface area (Å²) in [7, 11) is 0. The first-order chi connectivity index (χ1) is 36.9. The van der Waals surface area contributed by atoms with Crippen LogP contribution in [-0.2, 0) is 15.0 Å². The molecule has 0 spiro atoms. The second-order valence-corrected chi connectivity index (χ2v) is 20.2. The first-order valence-electron chi connectivity index (χ1n) is 26.1. The number of hydrogen-bond acceptors (Lipinski definition) is 6. The van der Waals surface area contributed by atoms with Crippen LogP contribution in [-0.4, -0.2) is 11.9 Å². The van der Waals surface area contributed by atoms with Crippen LogP contribution in [0, 0.1) is 13.8 Å². The quantitative estimate of drug-likeness (QED) is 0.0579. The number of rotatable bonds is 15. The SMILES string of the molecule is C=C(C)C(=O)Oc1ccc(N(c2ccc(-c3ccc(C)cc3)cc2)c2ccc(C3(c4ccc(N(c5ccc(OC(=O)C(=C)C)cc5)c5ccc(-c6ccc(C)cc6)cc5)cc4)CCC(c4ccccc4)CC3)cc2)cc1. The van der Waals surface area contributed by atoms with Crippen LogP contribution in [0.1, 0.15) is 73.3 Å². The minimum atomic E-state index is -0.454. The van der Waals surface area contributed by atoms with Crippen molar-refractivity contribution in [3.63, 3.8) is 0 Å². The van der Waals surface area contributed by atoms with Crippen molar-refractivity contribution in [2.24, 2.45) is 0 Å². The molecule has 9 aromatic rings. The molecule has 376 valence electrons. The van der Waals surface area contributed by atoms with Crippen LogP contribution >= 0.6 is 0 Å². The maximum Gasteiger partial charge on any atom is 0.338 e. The zero-order valence-electron chi connectivity index (χ0n) is 43.7. The zero-order chi connectivity index (χ0) is 52.8. The summed E-state index contributed by atoms with van der Waals surface area (Å²) in [5, 5.41) is 0. The van der Waals surface area contributed by atoms with E-state index in [9.17, 15) is 9.59 Å². The van der Waals surface area contributed by atoms with E-state index in [4.69, 9.17) is 9.47 Å². The van der Waals surface area contributed by atoms with Gasteiger partial charge in [-0.1, -0.05) is 152 Å². The number of hydrogen-bond donors (Lipinski definition) is 0. The predicted molar refractivity (Wildman–Crippen MR) is 312 cm³/mol. The largest absolute Gasteiger partial charge is 0.423 e. The lowest BCUT2D eigenvalue weighted by Gasteiger charge is -2.42. The molecule has 0 aromatic heterocycles. The van der Waals surface area contributed by atoms with Gasteiger partial charge in [0.05, 0.1) is 0 Å². The van der Waals surface area contributed by atoms with Crippen LogP contribution in [0.25, 0.3) is 22.3 Å². The Morgan fingerprint density at radius 1 is 0.408 bits per heavy atom. The molecule has 1 fully saturated rings. The molecule has 1 aliphatic rings. The standard InChI is InChI=1S/C70H62N2O4/c1-48(2)68(73)75-66-40-36-64(37-41-66)71(60-28-20-55(21-29-60)53-16-12-50(5)13-17-53)62-32-24-58(25-33-62)70(46-44-57(45-47-70)52-10-8-7-9-11-52)59-26-34-63(35-27-59)72(65-38-42-67(43-39-65)76-69(74)49(3)4)61-30-22-56(23-31-61)54-18-14-51(6)15-19-54/h7-43,57H,1,3,44-47H2,2,4-6H3. The Bertz CT molecular complexity index is 3260. The van der Waals surface area contributed by atoms with Crippen LogP contribution in [0.5, 0.6) is 11.5 Å². The lowest BCUT2D eigenvalue weighted by atomic mass is 9.62. The minimum Gasteiger partial charge on any atom is -0.423 e. The van der Waals surface area contributed by atoms with Crippen LogP contribution in [0.4, 0.5) is 34.1 Å². The van der Waals surface area contributed by atoms with Crippen LogP contribution in [0.15, 0.2) is 249 Å². The molecule has 0 atom stereocenters. The number of aryl methyl sites for hydroxylation is 2. The monoisotopic (exact) mass is 994 g/mol. The molecule has 0 saturated heterocycles. The van der Waals surface area contributed by atoms with E-state index in [0.29, 0.717) is 28.6 Å². The van der Waals surface area contributed by atoms with E-state index in [-0.39, 0.29) is 5.41 Å². The van der Waals surface area contributed by atoms with Gasteiger partial charge in [-0.05, 0) is 195 Å². The summed E-state index contributed by atoms with van der Waals surface area (Å²) in [5.74, 6) is 0.479. The van der Waals surface area contributed by atoms with E-state index < -0.39 is 11.9 Å². The highest BCUT2D eigenvalue weighted by molar-refractivity contribution is 5.90. The summed E-state index contributed by atoms with van der Waals surface area (Å²) < 4.78 is 11.2. The van der Waals surface area contributed by atoms with Crippen molar-refractivity contribution in [2.75, 3.05) is 9.80 Å². The third kappa shape index (κ3) is 11.1. The maximum atomic E-state index is 12.4. The molecule has 76 heavy (non-hydrogen) atoms. The highest BCUT2D eigenvalue weighted by atomic mass is 16.5. The molecule has 0 amide bonds. The van der Waals surface area contributed by atoms with Gasteiger partial charge in [0, 0.05) is 50.7 Å². The van der Waals surface area contributed by atoms with Gasteiger partial charge in [-0.25, -0.2) is 9.59 Å². The molecule has 1 aliphatic carbocycles. The van der Waals surface area contributed by atoms with Gasteiger partial charge in [0.25, 0.3) is 0 Å². The molecule has 0 bridgehead atoms. The van der Waals surface area contributed by atoms with E-state index in [0.717, 1.165) is 82.1 Å². The molecule has 9 aromatic carbocycles. The van der Waals surface area contributed by atoms with Gasteiger partial charge < -0.3 is 19.3 Å². The van der Waals surface area contributed by atoms with Crippen LogP contribution in [0.3, 0.4) is 0 Å². The number of esters is 2. The molecule has 6 nitrogen and oxygen atoms in total. The Balaban J connectivity index is 1.02. The molecule has 6 heteroatoms. The third-order valence-corrected chi connectivity index (χ3v) is 14.8. The molecule has 0 aliphatic heterocycles. The first kappa shape index (κ1) is 50.5. The van der Waals surface area contributed by atoms with Gasteiger partial charge in [0.1, 0.15) is 11.5 Å². The van der Waals surface area contributed by atoms with E-state index in [1.807, 2.05) is 48.5 Å². The van der Waals surface area contributed by atoms with Gasteiger partial charge in [0.15, 0.2) is 0 Å². The minimum absolute atomic E-state index is 0.257. The Morgan fingerprint density at radius 2 is 0.697 bits per heavy atom. The van der Waals surface area contributed by atoms with Gasteiger partial charge >= 0.3 is 11.9 Å². The Hall–Kier alpha value is -9.00. The highest BCUT2D eigenvalue weighted by Crippen LogP contribution is 2.50. The van der Waals surface area contributed by atoms with Crippen molar-refractivity contribution in [3.05, 3.63) is 277 Å². The average molecular weight is 995 g/mol. The Morgan fingerprint density at radius 3 is 1.01 bits per heavy atom. The van der Waals surface area contributed by atoms with Gasteiger partial charge in [-0.15, -0.1) is 0 Å². The summed E-state index contributed by atoms with van der Waals surface area (Å²) >= 11 is 0. The Kier molecular flexibility index (Phi) is 14.8. The topological polar surface area (TPSA) is 59.1 Å². The molecule has 0 unspecified atom stereocenters. The van der Waals surface area contributed by atoms with Crippen molar-refractivity contribution in [2.45, 2.75) is 64.7 Å². The molecular formula is C70H62N2O4. The van der Waals surface area contributed by atoms with E-state index in [1.54, 1.807) is 13.8 Å². The molecular weight excluding hydrogens is 933 g/mol. The molecule has 0 heterocycles. The molecule has 0 N–H and O–H groups in total. The van der Waals surface area contributed by atoms with Gasteiger partial charge in [-0.3, -0.25) is 0 Å². The summed E-state index contributed by atoms with van der Waals surface area (Å²) in [6.07, 6.45) is 4.07. The summed E-state index contributed by atoms with van der Waals surface area (Å²) in [6, 6.07) is 79.1. The van der Waals surface area contributed by atoms with Crippen molar-refractivity contribution >= 4 is 46.1 Å². The number of carbonyl (C=O) groups excluding carboxylic acids is 2. The smallest absolute Gasteiger partial charge is 0.338 e. The summed E-state index contributed by atoms with van der Waals surface area (Å²) in [6.45, 7) is 15.0. The van der Waals surface area contributed by atoms with Crippen molar-refractivity contribution in [1.29, 1.82) is 0 Å². The van der Waals surface area contributed by atoms with Gasteiger partial charge in [-0.2, -0.15) is 0 Å². The van der Waals surface area contributed by atoms with Crippen LogP contribution in [0.2, 0.25) is 0 Å². The number of ether oxygens (including phenoxy) is 2. The number of carbonyl (C=O) groups is 2. The fraction of sp³-hybridized carbons (Fsp3) is 0.143. The average Bonchev–Trinajstić information content (AvgIpc) is 3.47. The summed E-state index contributed by atoms with van der Waals surface area (Å²) in [5.41, 5.74) is 17.3. The van der Waals surface area contributed by atoms with Crippen molar-refractivity contribution in [3.8, 4) is 33.8 Å². The zero-order valence-corrected chi connectivity index (χ0v) is 43.7. The van der Waals surface area contributed by atoms with Crippen molar-refractivity contribution in [1.82, 2.24) is 0 Å². The second-order valence-electron chi connectivity index (χ2n) is 20.2. The van der Waals surface area contributed by atoms with Crippen LogP contribution < -0.4 is 19.3 Å². The van der Waals surface area contributed by atoms with E-state index in [1.165, 1.54) is 27.8 Å². The highest BCUT2D eigenvalue weighted by Gasteiger charge is 2.39. The molecule has 10 rings (SSSR count). The fourth-order valence-electron chi connectivity index (χ4n) is 10.5. The Labute approximate surface area is 447 Å². The number of anilines is 6. The fourth-order valence-corrected chi connectivity index (χ4v) is 10.5. The molecule has 0 radical (unpaired) electrons. The second kappa shape index (κ2) is 22.2. The maximum absolute atomic E-state index is 12.4. The first-order valence-corrected chi connectivity index (χ1v) is 26.1. The predicted octanol–water partition coefficient (Wildman–Crippen LogP) is 18.2. The summed E-state index contributed by atoms with van der Waals surface area (Å²) in [4.78, 5) is 29.4. The normalized spacial score (nSPS) is 13.1. The number of benzene rings is 9. The third-order valence-electron chi connectivity index (χ3n) is 14.8. The van der Waals surface area contributed by atoms with E-state index in [2.05, 4.69) is 213 Å². The lowest BCUT2D eigenvalue weighted by Crippen LogP contribution is -2.32. The van der Waals surface area contributed by atoms with E-state index >= 15 is 0 Å². The lowest BCUT2D eigenvalue weighted by molar-refractivity contribution is -0.130.